The molecule has 0 saturated heterocycles. The van der Waals surface area contributed by atoms with Crippen LogP contribution in [0.15, 0.2) is 53.4 Å². The van der Waals surface area contributed by atoms with E-state index >= 15 is 0 Å². The Morgan fingerprint density at radius 3 is 2.33 bits per heavy atom. The van der Waals surface area contributed by atoms with Gasteiger partial charge in [0.05, 0.1) is 24.2 Å². The number of methoxy groups -OCH3 is 1. The van der Waals surface area contributed by atoms with Crippen LogP contribution in [0.2, 0.25) is 0 Å². The first-order chi connectivity index (χ1) is 12.9. The first kappa shape index (κ1) is 20.7. The van der Waals surface area contributed by atoms with Gasteiger partial charge in [-0.1, -0.05) is 32.0 Å². The Labute approximate surface area is 160 Å². The number of hydrogen-bond donors (Lipinski definition) is 2. The second-order valence-electron chi connectivity index (χ2n) is 5.72. The molecule has 0 bridgehead atoms. The Morgan fingerprint density at radius 2 is 1.74 bits per heavy atom. The molecular weight excluding hydrogens is 366 g/mol. The zero-order chi connectivity index (χ0) is 19.9. The van der Waals surface area contributed by atoms with E-state index in [0.717, 1.165) is 0 Å². The highest BCUT2D eigenvalue weighted by Crippen LogP contribution is 2.28. The number of carbonyl (C=O) groups excluding carboxylic acids is 1. The lowest BCUT2D eigenvalue weighted by Gasteiger charge is -2.20. The smallest absolute Gasteiger partial charge is 0.243 e. The van der Waals surface area contributed by atoms with Crippen LogP contribution in [0, 0.1) is 0 Å². The van der Waals surface area contributed by atoms with E-state index < -0.39 is 10.0 Å². The molecule has 27 heavy (non-hydrogen) atoms. The molecule has 2 aromatic rings. The summed E-state index contributed by atoms with van der Waals surface area (Å²) in [6.07, 6.45) is 0. The fourth-order valence-corrected chi connectivity index (χ4v) is 4.09. The molecule has 8 heteroatoms. The van der Waals surface area contributed by atoms with E-state index in [1.165, 1.54) is 23.5 Å². The van der Waals surface area contributed by atoms with Crippen molar-refractivity contribution in [2.24, 2.45) is 0 Å². The third-order valence-corrected chi connectivity index (χ3v) is 6.06. The van der Waals surface area contributed by atoms with Crippen molar-refractivity contribution in [1.82, 2.24) is 4.31 Å². The number of amides is 1. The molecule has 0 saturated carbocycles. The number of nitrogens with one attached hydrogen (secondary N) is 2. The van der Waals surface area contributed by atoms with Crippen molar-refractivity contribution in [3.8, 4) is 5.75 Å². The van der Waals surface area contributed by atoms with Crippen molar-refractivity contribution in [2.45, 2.75) is 18.7 Å². The van der Waals surface area contributed by atoms with Crippen LogP contribution in [-0.2, 0) is 14.8 Å². The molecule has 2 aromatic carbocycles. The minimum Gasteiger partial charge on any atom is -0.495 e. The van der Waals surface area contributed by atoms with Crippen LogP contribution in [0.1, 0.15) is 13.8 Å². The van der Waals surface area contributed by atoms with Crippen LogP contribution >= 0.6 is 0 Å². The number of anilines is 2. The summed E-state index contributed by atoms with van der Waals surface area (Å²) in [4.78, 5) is 12.3. The Hall–Kier alpha value is -2.58. The van der Waals surface area contributed by atoms with Crippen molar-refractivity contribution in [3.05, 3.63) is 48.5 Å². The highest BCUT2D eigenvalue weighted by atomic mass is 32.2. The third kappa shape index (κ3) is 5.21. The van der Waals surface area contributed by atoms with Crippen molar-refractivity contribution in [1.29, 1.82) is 0 Å². The molecule has 0 fully saturated rings. The summed E-state index contributed by atoms with van der Waals surface area (Å²) in [6.45, 7) is 4.32. The average molecular weight is 391 g/mol. The number of rotatable bonds is 9. The molecular formula is C19H25N3O4S. The average Bonchev–Trinajstić information content (AvgIpc) is 2.67. The van der Waals surface area contributed by atoms with Gasteiger partial charge in [-0.3, -0.25) is 4.79 Å². The van der Waals surface area contributed by atoms with Crippen molar-refractivity contribution in [2.75, 3.05) is 37.4 Å². The number of sulfonamides is 1. The second-order valence-corrected chi connectivity index (χ2v) is 7.66. The van der Waals surface area contributed by atoms with Crippen LogP contribution in [0.4, 0.5) is 11.4 Å². The maximum Gasteiger partial charge on any atom is 0.243 e. The van der Waals surface area contributed by atoms with Crippen molar-refractivity contribution >= 4 is 27.3 Å². The van der Waals surface area contributed by atoms with Crippen LogP contribution in [0.25, 0.3) is 0 Å². The summed E-state index contributed by atoms with van der Waals surface area (Å²) in [5.74, 6) is 0.210. The number of nitrogens with zero attached hydrogens (tertiary/aromatic N) is 1. The monoisotopic (exact) mass is 391 g/mol. The Morgan fingerprint density at radius 1 is 1.07 bits per heavy atom. The third-order valence-electron chi connectivity index (χ3n) is 4.01. The van der Waals surface area contributed by atoms with Gasteiger partial charge in [-0.2, -0.15) is 4.31 Å². The van der Waals surface area contributed by atoms with Gasteiger partial charge in [-0.15, -0.1) is 0 Å². The molecule has 0 aliphatic carbocycles. The Kier molecular flexibility index (Phi) is 7.20. The molecule has 0 spiro atoms. The van der Waals surface area contributed by atoms with E-state index in [0.29, 0.717) is 30.2 Å². The standard InChI is InChI=1S/C19H25N3O4S/c1-4-22(5-2)27(24,25)16-11-12-18(26-3)17(13-16)20-14-19(23)21-15-9-7-6-8-10-15/h6-13,20H,4-5,14H2,1-3H3,(H,21,23). The summed E-state index contributed by atoms with van der Waals surface area (Å²) in [7, 11) is -2.11. The molecule has 0 aromatic heterocycles. The Bertz CT molecular complexity index is 866. The number of carbonyl (C=O) groups is 1. The van der Waals surface area contributed by atoms with Crippen LogP contribution in [0.5, 0.6) is 5.75 Å². The lowest BCUT2D eigenvalue weighted by atomic mass is 10.3. The summed E-state index contributed by atoms with van der Waals surface area (Å²) in [6, 6.07) is 13.7. The number of ether oxygens (including phenoxy) is 1. The van der Waals surface area contributed by atoms with Gasteiger partial charge in [0.1, 0.15) is 5.75 Å². The van der Waals surface area contributed by atoms with Gasteiger partial charge in [0.25, 0.3) is 0 Å². The molecule has 0 radical (unpaired) electrons. The summed E-state index contributed by atoms with van der Waals surface area (Å²) >= 11 is 0. The van der Waals surface area contributed by atoms with E-state index in [9.17, 15) is 13.2 Å². The summed E-state index contributed by atoms with van der Waals surface area (Å²) in [5, 5.41) is 5.71. The first-order valence-corrected chi connectivity index (χ1v) is 10.1. The Balaban J connectivity index is 2.17. The molecule has 0 aliphatic heterocycles. The largest absolute Gasteiger partial charge is 0.495 e. The van der Waals surface area contributed by atoms with Gasteiger partial charge in [-0.25, -0.2) is 8.42 Å². The molecule has 0 atom stereocenters. The van der Waals surface area contributed by atoms with E-state index in [-0.39, 0.29) is 17.3 Å². The lowest BCUT2D eigenvalue weighted by molar-refractivity contribution is -0.114. The summed E-state index contributed by atoms with van der Waals surface area (Å²) in [5.41, 5.74) is 1.13. The predicted octanol–water partition coefficient (Wildman–Crippen LogP) is 2.78. The van der Waals surface area contributed by atoms with E-state index in [1.807, 2.05) is 18.2 Å². The molecule has 0 heterocycles. The lowest BCUT2D eigenvalue weighted by Crippen LogP contribution is -2.30. The predicted molar refractivity (Wildman–Crippen MR) is 107 cm³/mol. The second kappa shape index (κ2) is 9.38. The zero-order valence-corrected chi connectivity index (χ0v) is 16.5. The fourth-order valence-electron chi connectivity index (χ4n) is 2.60. The highest BCUT2D eigenvalue weighted by Gasteiger charge is 2.23. The number of para-hydroxylation sites is 1. The minimum atomic E-state index is -3.60. The van der Waals surface area contributed by atoms with E-state index in [1.54, 1.807) is 32.0 Å². The molecule has 2 N–H and O–H groups in total. The van der Waals surface area contributed by atoms with Crippen molar-refractivity contribution < 1.29 is 17.9 Å². The number of benzene rings is 2. The normalized spacial score (nSPS) is 11.3. The van der Waals surface area contributed by atoms with Gasteiger partial charge < -0.3 is 15.4 Å². The molecule has 2 rings (SSSR count). The first-order valence-electron chi connectivity index (χ1n) is 8.69. The molecule has 7 nitrogen and oxygen atoms in total. The van der Waals surface area contributed by atoms with Crippen molar-refractivity contribution in [3.63, 3.8) is 0 Å². The van der Waals surface area contributed by atoms with E-state index in [4.69, 9.17) is 4.74 Å². The van der Waals surface area contributed by atoms with Crippen LogP contribution in [-0.4, -0.2) is 45.4 Å². The SMILES string of the molecule is CCN(CC)S(=O)(=O)c1ccc(OC)c(NCC(=O)Nc2ccccc2)c1. The van der Waals surface area contributed by atoms with Crippen LogP contribution in [0.3, 0.4) is 0 Å². The van der Waals surface area contributed by atoms with Gasteiger partial charge >= 0.3 is 0 Å². The van der Waals surface area contributed by atoms with Crippen LogP contribution < -0.4 is 15.4 Å². The molecule has 146 valence electrons. The maximum absolute atomic E-state index is 12.7. The maximum atomic E-state index is 12.7. The molecule has 1 amide bonds. The van der Waals surface area contributed by atoms with Gasteiger partial charge in [0.2, 0.25) is 15.9 Å². The van der Waals surface area contributed by atoms with Gasteiger partial charge in [-0.05, 0) is 30.3 Å². The van der Waals surface area contributed by atoms with Gasteiger partial charge in [0, 0.05) is 18.8 Å². The van der Waals surface area contributed by atoms with E-state index in [2.05, 4.69) is 10.6 Å². The fraction of sp³-hybridized carbons (Fsp3) is 0.316. The summed E-state index contributed by atoms with van der Waals surface area (Å²) < 4.78 is 32.1. The topological polar surface area (TPSA) is 87.7 Å². The highest BCUT2D eigenvalue weighted by molar-refractivity contribution is 7.89. The van der Waals surface area contributed by atoms with Gasteiger partial charge in [0.15, 0.2) is 0 Å². The molecule has 0 unspecified atom stereocenters. The minimum absolute atomic E-state index is 0.0278. The number of hydrogen-bond acceptors (Lipinski definition) is 5. The quantitative estimate of drug-likeness (QED) is 0.686. The zero-order valence-electron chi connectivity index (χ0n) is 15.7. The molecule has 0 aliphatic rings.